The van der Waals surface area contributed by atoms with Gasteiger partial charge in [-0.15, -0.1) is 0 Å². The van der Waals surface area contributed by atoms with Crippen LogP contribution in [0, 0.1) is 13.8 Å². The summed E-state index contributed by atoms with van der Waals surface area (Å²) in [4.78, 5) is 17.1. The first-order valence-electron chi connectivity index (χ1n) is 9.66. The van der Waals surface area contributed by atoms with Gasteiger partial charge in [-0.1, -0.05) is 48.4 Å². The van der Waals surface area contributed by atoms with E-state index in [-0.39, 0.29) is 12.5 Å². The van der Waals surface area contributed by atoms with Crippen molar-refractivity contribution in [2.75, 3.05) is 6.54 Å². The standard InChI is InChI=1S/C23H24N4O/c1-4-11-24-21(28)14-27-23-18-12-16(3)7-10-20(18)25-13-19(23)22(26-27)17-8-5-15(2)6-9-17/h5-10,12-13H,4,11,14H2,1-3H3,(H,24,28). The first-order chi connectivity index (χ1) is 13.6. The zero-order valence-electron chi connectivity index (χ0n) is 16.5. The molecule has 2 aromatic heterocycles. The van der Waals surface area contributed by atoms with E-state index in [1.165, 1.54) is 5.56 Å². The third kappa shape index (κ3) is 3.36. The van der Waals surface area contributed by atoms with Gasteiger partial charge in [0.05, 0.1) is 11.0 Å². The van der Waals surface area contributed by atoms with Crippen molar-refractivity contribution in [3.8, 4) is 11.3 Å². The van der Waals surface area contributed by atoms with Crippen LogP contribution < -0.4 is 5.32 Å². The number of hydrogen-bond acceptors (Lipinski definition) is 3. The Bertz CT molecular complexity index is 1160. The largest absolute Gasteiger partial charge is 0.355 e. The first kappa shape index (κ1) is 18.2. The molecule has 0 spiro atoms. The number of carbonyl (C=O) groups is 1. The van der Waals surface area contributed by atoms with Crippen molar-refractivity contribution >= 4 is 27.7 Å². The van der Waals surface area contributed by atoms with Crippen LogP contribution >= 0.6 is 0 Å². The Morgan fingerprint density at radius 1 is 1.04 bits per heavy atom. The highest BCUT2D eigenvalue weighted by Gasteiger charge is 2.17. The molecular weight excluding hydrogens is 348 g/mol. The summed E-state index contributed by atoms with van der Waals surface area (Å²) in [5.41, 5.74) is 6.10. The molecule has 0 aliphatic rings. The number of hydrogen-bond donors (Lipinski definition) is 1. The molecule has 0 aliphatic heterocycles. The number of aromatic nitrogens is 3. The van der Waals surface area contributed by atoms with Gasteiger partial charge in [0.25, 0.3) is 0 Å². The summed E-state index contributed by atoms with van der Waals surface area (Å²) in [7, 11) is 0. The molecule has 0 saturated heterocycles. The topological polar surface area (TPSA) is 59.8 Å². The van der Waals surface area contributed by atoms with Crippen molar-refractivity contribution in [1.82, 2.24) is 20.1 Å². The number of benzene rings is 2. The van der Waals surface area contributed by atoms with E-state index >= 15 is 0 Å². The van der Waals surface area contributed by atoms with Crippen molar-refractivity contribution in [3.63, 3.8) is 0 Å². The van der Waals surface area contributed by atoms with E-state index in [2.05, 4.69) is 60.5 Å². The van der Waals surface area contributed by atoms with Gasteiger partial charge >= 0.3 is 0 Å². The lowest BCUT2D eigenvalue weighted by Gasteiger charge is -2.07. The minimum Gasteiger partial charge on any atom is -0.355 e. The summed E-state index contributed by atoms with van der Waals surface area (Å²) in [6, 6.07) is 14.5. The zero-order chi connectivity index (χ0) is 19.7. The average molecular weight is 372 g/mol. The first-order valence-corrected chi connectivity index (χ1v) is 9.66. The van der Waals surface area contributed by atoms with E-state index in [0.29, 0.717) is 6.54 Å². The van der Waals surface area contributed by atoms with Crippen LogP contribution in [0.25, 0.3) is 33.1 Å². The number of carbonyl (C=O) groups excluding carboxylic acids is 1. The van der Waals surface area contributed by atoms with E-state index in [1.807, 2.05) is 23.9 Å². The lowest BCUT2D eigenvalue weighted by Crippen LogP contribution is -2.28. The number of nitrogens with one attached hydrogen (secondary N) is 1. The van der Waals surface area contributed by atoms with Crippen LogP contribution in [-0.4, -0.2) is 27.2 Å². The van der Waals surface area contributed by atoms with Crippen molar-refractivity contribution in [3.05, 3.63) is 59.8 Å². The van der Waals surface area contributed by atoms with Gasteiger partial charge in [0.2, 0.25) is 5.91 Å². The Labute approximate surface area is 164 Å². The highest BCUT2D eigenvalue weighted by Crippen LogP contribution is 2.32. The minimum atomic E-state index is -0.0284. The van der Waals surface area contributed by atoms with Crippen molar-refractivity contribution < 1.29 is 4.79 Å². The summed E-state index contributed by atoms with van der Waals surface area (Å²) in [6.45, 7) is 7.03. The third-order valence-corrected chi connectivity index (χ3v) is 4.92. The van der Waals surface area contributed by atoms with Gasteiger partial charge in [0.15, 0.2) is 0 Å². The van der Waals surface area contributed by atoms with E-state index in [0.717, 1.165) is 45.0 Å². The molecule has 4 aromatic rings. The smallest absolute Gasteiger partial charge is 0.241 e. The Balaban J connectivity index is 1.93. The molecule has 0 radical (unpaired) electrons. The summed E-state index contributed by atoms with van der Waals surface area (Å²) >= 11 is 0. The molecule has 2 aromatic carbocycles. The van der Waals surface area contributed by atoms with Crippen LogP contribution in [0.1, 0.15) is 24.5 Å². The molecule has 5 nitrogen and oxygen atoms in total. The van der Waals surface area contributed by atoms with E-state index in [1.54, 1.807) is 0 Å². The van der Waals surface area contributed by atoms with Gasteiger partial charge in [-0.05, 0) is 32.4 Å². The fourth-order valence-electron chi connectivity index (χ4n) is 3.46. The molecule has 0 atom stereocenters. The van der Waals surface area contributed by atoms with Gasteiger partial charge in [-0.25, -0.2) is 0 Å². The predicted octanol–water partition coefficient (Wildman–Crippen LogP) is 4.39. The number of rotatable bonds is 5. The number of fused-ring (bicyclic) bond motifs is 3. The number of amides is 1. The Morgan fingerprint density at radius 2 is 1.79 bits per heavy atom. The average Bonchev–Trinajstić information content (AvgIpc) is 3.05. The minimum absolute atomic E-state index is 0.0284. The fourth-order valence-corrected chi connectivity index (χ4v) is 3.46. The summed E-state index contributed by atoms with van der Waals surface area (Å²) in [5, 5.41) is 9.76. The highest BCUT2D eigenvalue weighted by molar-refractivity contribution is 6.08. The molecular formula is C23H24N4O. The lowest BCUT2D eigenvalue weighted by molar-refractivity contribution is -0.121. The summed E-state index contributed by atoms with van der Waals surface area (Å²) < 4.78 is 1.82. The summed E-state index contributed by atoms with van der Waals surface area (Å²) in [6.07, 6.45) is 2.78. The van der Waals surface area contributed by atoms with Gasteiger partial charge in [-0.3, -0.25) is 14.5 Å². The predicted molar refractivity (Wildman–Crippen MR) is 113 cm³/mol. The van der Waals surface area contributed by atoms with Crippen molar-refractivity contribution in [1.29, 1.82) is 0 Å². The van der Waals surface area contributed by atoms with Crippen molar-refractivity contribution in [2.24, 2.45) is 0 Å². The van der Waals surface area contributed by atoms with Crippen molar-refractivity contribution in [2.45, 2.75) is 33.7 Å². The zero-order valence-corrected chi connectivity index (χ0v) is 16.5. The lowest BCUT2D eigenvalue weighted by atomic mass is 10.0. The molecule has 0 bridgehead atoms. The number of pyridine rings is 1. The molecule has 0 unspecified atom stereocenters. The van der Waals surface area contributed by atoms with Gasteiger partial charge in [-0.2, -0.15) is 5.10 Å². The van der Waals surface area contributed by atoms with Gasteiger partial charge in [0.1, 0.15) is 12.2 Å². The van der Waals surface area contributed by atoms with E-state index < -0.39 is 0 Å². The molecule has 1 N–H and O–H groups in total. The molecule has 1 amide bonds. The second-order valence-electron chi connectivity index (χ2n) is 7.26. The SMILES string of the molecule is CCCNC(=O)Cn1nc(-c2ccc(C)cc2)c2cnc3ccc(C)cc3c21. The number of aryl methyl sites for hydroxylation is 2. The second-order valence-corrected chi connectivity index (χ2v) is 7.26. The van der Waals surface area contributed by atoms with Crippen LogP contribution in [0.3, 0.4) is 0 Å². The molecule has 142 valence electrons. The molecule has 0 fully saturated rings. The maximum atomic E-state index is 12.4. The molecule has 4 rings (SSSR count). The molecule has 0 aliphatic carbocycles. The second kappa shape index (κ2) is 7.43. The Hall–Kier alpha value is -3.21. The monoisotopic (exact) mass is 372 g/mol. The Morgan fingerprint density at radius 3 is 2.54 bits per heavy atom. The number of nitrogens with zero attached hydrogens (tertiary/aromatic N) is 3. The summed E-state index contributed by atoms with van der Waals surface area (Å²) in [5.74, 6) is -0.0284. The molecule has 5 heteroatoms. The van der Waals surface area contributed by atoms with Crippen LogP contribution in [0.15, 0.2) is 48.7 Å². The Kier molecular flexibility index (Phi) is 4.82. The van der Waals surface area contributed by atoms with Gasteiger partial charge < -0.3 is 5.32 Å². The van der Waals surface area contributed by atoms with Crippen LogP contribution in [0.2, 0.25) is 0 Å². The third-order valence-electron chi connectivity index (χ3n) is 4.92. The molecule has 2 heterocycles. The van der Waals surface area contributed by atoms with E-state index in [9.17, 15) is 4.79 Å². The normalized spacial score (nSPS) is 11.2. The maximum absolute atomic E-state index is 12.4. The van der Waals surface area contributed by atoms with Crippen LogP contribution in [-0.2, 0) is 11.3 Å². The van der Waals surface area contributed by atoms with E-state index in [4.69, 9.17) is 5.10 Å². The molecule has 0 saturated carbocycles. The van der Waals surface area contributed by atoms with Crippen LogP contribution in [0.5, 0.6) is 0 Å². The highest BCUT2D eigenvalue weighted by atomic mass is 16.2. The van der Waals surface area contributed by atoms with Gasteiger partial charge in [0, 0.05) is 29.1 Å². The molecule has 28 heavy (non-hydrogen) atoms. The van der Waals surface area contributed by atoms with Crippen LogP contribution in [0.4, 0.5) is 0 Å². The fraction of sp³-hybridized carbons (Fsp3) is 0.261. The maximum Gasteiger partial charge on any atom is 0.241 e. The quantitative estimate of drug-likeness (QED) is 0.565.